The van der Waals surface area contributed by atoms with Crippen LogP contribution in [-0.4, -0.2) is 50.6 Å². The highest BCUT2D eigenvalue weighted by Gasteiger charge is 2.32. The molecule has 1 N–H and O–H groups in total. The van der Waals surface area contributed by atoms with Gasteiger partial charge in [0.1, 0.15) is 5.82 Å². The number of hydrogen-bond donors (Lipinski definition) is 1. The number of aromatic nitrogens is 4. The van der Waals surface area contributed by atoms with Gasteiger partial charge in [0.2, 0.25) is 5.91 Å². The Morgan fingerprint density at radius 3 is 2.74 bits per heavy atom. The minimum absolute atomic E-state index is 0.0528. The van der Waals surface area contributed by atoms with Crippen LogP contribution < -0.4 is 4.90 Å². The monoisotopic (exact) mass is 478 g/mol. The first-order valence-corrected chi connectivity index (χ1v) is 12.5. The number of carbonyl (C=O) groups excluding carboxylic acids is 1. The number of piperidine rings is 1. The summed E-state index contributed by atoms with van der Waals surface area (Å²) in [6.45, 7) is 9.37. The van der Waals surface area contributed by atoms with Gasteiger partial charge in [-0.3, -0.25) is 14.9 Å². The second kappa shape index (κ2) is 9.37. The Kier molecular flexibility index (Phi) is 6.30. The fourth-order valence-corrected chi connectivity index (χ4v) is 5.34. The molecule has 0 saturated carbocycles. The number of anilines is 1. The molecule has 0 unspecified atom stereocenters. The van der Waals surface area contributed by atoms with Gasteiger partial charge >= 0.3 is 0 Å². The summed E-state index contributed by atoms with van der Waals surface area (Å²) < 4.78 is 0. The van der Waals surface area contributed by atoms with Crippen molar-refractivity contribution in [2.24, 2.45) is 5.92 Å². The van der Waals surface area contributed by atoms with E-state index in [-0.39, 0.29) is 11.8 Å². The molecule has 178 valence electrons. The Morgan fingerprint density at radius 2 is 2.00 bits per heavy atom. The van der Waals surface area contributed by atoms with Crippen molar-refractivity contribution in [3.05, 3.63) is 58.1 Å². The van der Waals surface area contributed by atoms with Crippen LogP contribution in [0.1, 0.15) is 55.1 Å². The summed E-state index contributed by atoms with van der Waals surface area (Å²) in [4.78, 5) is 26.8. The first-order valence-electron chi connectivity index (χ1n) is 12.1. The van der Waals surface area contributed by atoms with E-state index in [0.29, 0.717) is 17.5 Å². The summed E-state index contributed by atoms with van der Waals surface area (Å²) in [5, 5.41) is 8.27. The number of H-pyrrole nitrogens is 1. The molecule has 3 aromatic rings. The van der Waals surface area contributed by atoms with Gasteiger partial charge in [0, 0.05) is 67.7 Å². The minimum atomic E-state index is 0.0528. The topological polar surface area (TPSA) is 78.0 Å². The zero-order chi connectivity index (χ0) is 23.8. The summed E-state index contributed by atoms with van der Waals surface area (Å²) in [6.07, 6.45) is 6.00. The van der Waals surface area contributed by atoms with Crippen LogP contribution in [0.3, 0.4) is 0 Å². The molecule has 1 amide bonds. The van der Waals surface area contributed by atoms with Crippen molar-refractivity contribution in [3.8, 4) is 11.3 Å². The molecule has 0 radical (unpaired) electrons. The average molecular weight is 479 g/mol. The molecule has 8 heteroatoms. The zero-order valence-electron chi connectivity index (χ0n) is 20.0. The van der Waals surface area contributed by atoms with Gasteiger partial charge < -0.3 is 9.80 Å². The number of fused-ring (bicyclic) bond motifs is 1. The molecule has 3 aromatic heterocycles. The van der Waals surface area contributed by atoms with Crippen molar-refractivity contribution >= 4 is 23.3 Å². The van der Waals surface area contributed by atoms with Crippen molar-refractivity contribution in [1.29, 1.82) is 0 Å². The molecule has 2 aliphatic rings. The second-order valence-corrected chi connectivity index (χ2v) is 10.1. The fourth-order valence-electron chi connectivity index (χ4n) is 5.15. The van der Waals surface area contributed by atoms with Crippen molar-refractivity contribution in [2.75, 3.05) is 24.5 Å². The minimum Gasteiger partial charge on any atom is -0.357 e. The maximum Gasteiger partial charge on any atom is 0.226 e. The molecule has 2 aliphatic heterocycles. The highest BCUT2D eigenvalue weighted by atomic mass is 35.5. The van der Waals surface area contributed by atoms with E-state index in [0.717, 1.165) is 67.2 Å². The second-order valence-electron chi connectivity index (χ2n) is 9.68. The maximum atomic E-state index is 13.4. The van der Waals surface area contributed by atoms with Crippen molar-refractivity contribution in [3.63, 3.8) is 0 Å². The van der Waals surface area contributed by atoms with Crippen LogP contribution in [0.2, 0.25) is 5.02 Å². The van der Waals surface area contributed by atoms with Crippen LogP contribution in [-0.2, 0) is 17.8 Å². The van der Waals surface area contributed by atoms with Crippen LogP contribution in [0.4, 0.5) is 5.82 Å². The van der Waals surface area contributed by atoms with Gasteiger partial charge in [-0.25, -0.2) is 4.98 Å². The van der Waals surface area contributed by atoms with Gasteiger partial charge in [-0.15, -0.1) is 0 Å². The number of amides is 1. The number of pyridine rings is 2. The number of hydrogen-bond acceptors (Lipinski definition) is 5. The summed E-state index contributed by atoms with van der Waals surface area (Å²) in [5.74, 6) is 1.56. The van der Waals surface area contributed by atoms with Crippen LogP contribution in [0.5, 0.6) is 0 Å². The number of nitrogens with one attached hydrogen (secondary N) is 1. The highest BCUT2D eigenvalue weighted by molar-refractivity contribution is 6.33. The summed E-state index contributed by atoms with van der Waals surface area (Å²) >= 11 is 6.47. The Hall–Kier alpha value is -2.93. The lowest BCUT2D eigenvalue weighted by Gasteiger charge is -2.36. The van der Waals surface area contributed by atoms with Crippen LogP contribution in [0.25, 0.3) is 11.3 Å². The molecule has 5 heterocycles. The van der Waals surface area contributed by atoms with E-state index in [1.807, 2.05) is 30.0 Å². The quantitative estimate of drug-likeness (QED) is 0.585. The van der Waals surface area contributed by atoms with Crippen LogP contribution in [0.15, 0.2) is 30.6 Å². The fraction of sp³-hybridized carbons (Fsp3) is 0.462. The first kappa shape index (κ1) is 22.8. The number of carbonyl (C=O) groups is 1. The molecular formula is C26H31ClN6O. The zero-order valence-corrected chi connectivity index (χ0v) is 20.8. The summed E-state index contributed by atoms with van der Waals surface area (Å²) in [5.41, 5.74) is 6.35. The third kappa shape index (κ3) is 4.29. The van der Waals surface area contributed by atoms with Gasteiger partial charge in [-0.05, 0) is 43.4 Å². The van der Waals surface area contributed by atoms with Crippen molar-refractivity contribution < 1.29 is 4.79 Å². The van der Waals surface area contributed by atoms with E-state index in [9.17, 15) is 4.79 Å². The molecule has 5 rings (SSSR count). The van der Waals surface area contributed by atoms with E-state index in [2.05, 4.69) is 38.9 Å². The Bertz CT molecular complexity index is 1200. The molecular weight excluding hydrogens is 448 g/mol. The molecule has 7 nitrogen and oxygen atoms in total. The SMILES string of the molecule is Cc1cccnc1-c1cc(N2CCC(C(=O)N3CCc4[nH]nc(C(C)C)c4C3)CC2)ncc1Cl. The molecule has 1 fully saturated rings. The maximum absolute atomic E-state index is 13.4. The van der Waals surface area contributed by atoms with E-state index >= 15 is 0 Å². The number of aromatic amines is 1. The summed E-state index contributed by atoms with van der Waals surface area (Å²) in [6, 6.07) is 5.99. The molecule has 0 atom stereocenters. The largest absolute Gasteiger partial charge is 0.357 e. The van der Waals surface area contributed by atoms with Gasteiger partial charge in [0.25, 0.3) is 0 Å². The number of halogens is 1. The normalized spacial score (nSPS) is 16.7. The smallest absolute Gasteiger partial charge is 0.226 e. The molecule has 0 bridgehead atoms. The number of aryl methyl sites for hydroxylation is 1. The lowest BCUT2D eigenvalue weighted by atomic mass is 9.93. The number of rotatable bonds is 4. The average Bonchev–Trinajstić information content (AvgIpc) is 3.28. The Labute approximate surface area is 205 Å². The Morgan fingerprint density at radius 1 is 1.21 bits per heavy atom. The standard InChI is InChI=1S/C26H31ClN6O/c1-16(2)24-20-15-33(12-8-22(20)30-31-24)26(34)18-6-10-32(11-7-18)23-13-19(21(27)14-29-23)25-17(3)5-4-9-28-25/h4-5,9,13-14,16,18H,6-8,10-12,15H2,1-3H3,(H,30,31). The third-order valence-corrected chi connectivity index (χ3v) is 7.40. The van der Waals surface area contributed by atoms with E-state index < -0.39 is 0 Å². The van der Waals surface area contributed by atoms with Gasteiger partial charge in [0.05, 0.1) is 16.4 Å². The predicted octanol–water partition coefficient (Wildman–Crippen LogP) is 4.75. The highest BCUT2D eigenvalue weighted by Crippen LogP contribution is 2.33. The number of nitrogens with zero attached hydrogens (tertiary/aromatic N) is 5. The van der Waals surface area contributed by atoms with Crippen molar-refractivity contribution in [1.82, 2.24) is 25.1 Å². The van der Waals surface area contributed by atoms with E-state index in [1.54, 1.807) is 12.4 Å². The predicted molar refractivity (Wildman–Crippen MR) is 134 cm³/mol. The first-order chi connectivity index (χ1) is 16.4. The van der Waals surface area contributed by atoms with Crippen LogP contribution >= 0.6 is 11.6 Å². The molecule has 34 heavy (non-hydrogen) atoms. The molecule has 0 aromatic carbocycles. The summed E-state index contributed by atoms with van der Waals surface area (Å²) in [7, 11) is 0. The molecule has 0 aliphatic carbocycles. The van der Waals surface area contributed by atoms with Gasteiger partial charge in [-0.2, -0.15) is 5.10 Å². The lowest BCUT2D eigenvalue weighted by Crippen LogP contribution is -2.44. The van der Waals surface area contributed by atoms with Gasteiger partial charge in [-0.1, -0.05) is 31.5 Å². The Balaban J connectivity index is 1.26. The van der Waals surface area contributed by atoms with E-state index in [4.69, 9.17) is 11.6 Å². The van der Waals surface area contributed by atoms with Crippen molar-refractivity contribution in [2.45, 2.75) is 52.5 Å². The molecule has 0 spiro atoms. The lowest BCUT2D eigenvalue weighted by molar-refractivity contribution is -0.137. The third-order valence-electron chi connectivity index (χ3n) is 7.10. The van der Waals surface area contributed by atoms with E-state index in [1.165, 1.54) is 11.3 Å². The molecule has 1 saturated heterocycles. The van der Waals surface area contributed by atoms with Crippen LogP contribution in [0, 0.1) is 12.8 Å². The van der Waals surface area contributed by atoms with Gasteiger partial charge in [0.15, 0.2) is 0 Å².